The Morgan fingerprint density at radius 1 is 1.17 bits per heavy atom. The van der Waals surface area contributed by atoms with Crippen molar-refractivity contribution in [2.45, 2.75) is 26.4 Å². The molecule has 29 heavy (non-hydrogen) atoms. The van der Waals surface area contributed by atoms with Crippen molar-refractivity contribution in [3.05, 3.63) is 70.1 Å². The van der Waals surface area contributed by atoms with Gasteiger partial charge in [0, 0.05) is 17.7 Å². The smallest absolute Gasteiger partial charge is 0.310 e. The van der Waals surface area contributed by atoms with E-state index in [1.165, 1.54) is 24.3 Å². The van der Waals surface area contributed by atoms with Crippen molar-refractivity contribution in [3.63, 3.8) is 0 Å². The zero-order chi connectivity index (χ0) is 20.8. The second-order valence-electron chi connectivity index (χ2n) is 6.25. The number of esters is 1. The van der Waals surface area contributed by atoms with Gasteiger partial charge in [0.25, 0.3) is 11.6 Å². The van der Waals surface area contributed by atoms with Crippen LogP contribution in [0.15, 0.2) is 52.9 Å². The number of nitrogens with zero attached hydrogens (tertiary/aromatic N) is 3. The molecule has 9 nitrogen and oxygen atoms in total. The molecule has 0 fully saturated rings. The molecule has 0 amide bonds. The van der Waals surface area contributed by atoms with Crippen LogP contribution in [0, 0.1) is 17.0 Å². The third-order valence-electron chi connectivity index (χ3n) is 4.08. The lowest BCUT2D eigenvalue weighted by atomic mass is 10.2. The van der Waals surface area contributed by atoms with E-state index in [1.807, 2.05) is 31.2 Å². The molecule has 3 aromatic rings. The van der Waals surface area contributed by atoms with Gasteiger partial charge in [-0.2, -0.15) is 0 Å². The number of hydrogen-bond donors (Lipinski definition) is 0. The van der Waals surface area contributed by atoms with Gasteiger partial charge in [-0.25, -0.2) is 0 Å². The molecule has 0 aliphatic carbocycles. The maximum Gasteiger partial charge on any atom is 0.310 e. The number of carbonyl (C=O) groups is 1. The van der Waals surface area contributed by atoms with Crippen LogP contribution in [-0.2, 0) is 9.53 Å². The summed E-state index contributed by atoms with van der Waals surface area (Å²) in [5.74, 6) is 0.575. The quantitative estimate of drug-likeness (QED) is 0.318. The summed E-state index contributed by atoms with van der Waals surface area (Å²) in [7, 11) is 0. The van der Waals surface area contributed by atoms with E-state index in [0.29, 0.717) is 5.56 Å². The molecule has 0 bridgehead atoms. The van der Waals surface area contributed by atoms with Crippen molar-refractivity contribution in [2.75, 3.05) is 6.61 Å². The summed E-state index contributed by atoms with van der Waals surface area (Å²) in [6.07, 6.45) is -0.664. The van der Waals surface area contributed by atoms with Gasteiger partial charge in [0.15, 0.2) is 6.10 Å². The maximum absolute atomic E-state index is 12.0. The van der Waals surface area contributed by atoms with Crippen molar-refractivity contribution in [1.82, 2.24) is 10.2 Å². The number of ether oxygens (including phenoxy) is 2. The van der Waals surface area contributed by atoms with E-state index >= 15 is 0 Å². The number of para-hydroxylation sites is 1. The molecule has 0 saturated carbocycles. The molecule has 1 aromatic heterocycles. The Morgan fingerprint density at radius 2 is 1.90 bits per heavy atom. The van der Waals surface area contributed by atoms with Crippen molar-refractivity contribution in [2.24, 2.45) is 0 Å². The second-order valence-corrected chi connectivity index (χ2v) is 6.25. The highest BCUT2D eigenvalue weighted by Gasteiger charge is 2.19. The van der Waals surface area contributed by atoms with Gasteiger partial charge in [-0.05, 0) is 37.6 Å². The summed E-state index contributed by atoms with van der Waals surface area (Å²) < 4.78 is 16.4. The van der Waals surface area contributed by atoms with E-state index in [4.69, 9.17) is 13.9 Å². The van der Waals surface area contributed by atoms with Gasteiger partial charge in [-0.15, -0.1) is 10.2 Å². The number of hydrogen-bond acceptors (Lipinski definition) is 8. The van der Waals surface area contributed by atoms with E-state index in [-0.39, 0.29) is 30.5 Å². The van der Waals surface area contributed by atoms with Gasteiger partial charge in [-0.3, -0.25) is 14.9 Å². The highest BCUT2D eigenvalue weighted by Crippen LogP contribution is 2.24. The average molecular weight is 397 g/mol. The zero-order valence-electron chi connectivity index (χ0n) is 15.9. The predicted octanol–water partition coefficient (Wildman–Crippen LogP) is 4.03. The second kappa shape index (κ2) is 8.96. The van der Waals surface area contributed by atoms with E-state index in [1.54, 1.807) is 6.92 Å². The summed E-state index contributed by atoms with van der Waals surface area (Å²) >= 11 is 0. The summed E-state index contributed by atoms with van der Waals surface area (Å²) in [6, 6.07) is 13.2. The maximum atomic E-state index is 12.0. The molecule has 0 radical (unpaired) electrons. The molecule has 9 heteroatoms. The Bertz CT molecular complexity index is 999. The Morgan fingerprint density at radius 3 is 2.59 bits per heavy atom. The SMILES string of the molecule is Cc1ccccc1OCCC(=O)O[C@H](C)c1nnc(-c2ccc([N+](=O)[O-])cc2)o1. The van der Waals surface area contributed by atoms with Crippen LogP contribution in [-0.4, -0.2) is 27.7 Å². The minimum atomic E-state index is -0.736. The van der Waals surface area contributed by atoms with Crippen LogP contribution in [0.1, 0.15) is 30.9 Å². The molecule has 2 aromatic carbocycles. The molecule has 0 spiro atoms. The lowest BCUT2D eigenvalue weighted by Gasteiger charge is -2.11. The van der Waals surface area contributed by atoms with Crippen molar-refractivity contribution in [1.29, 1.82) is 0 Å². The highest BCUT2D eigenvalue weighted by molar-refractivity contribution is 5.69. The van der Waals surface area contributed by atoms with Crippen LogP contribution in [0.5, 0.6) is 5.75 Å². The third-order valence-corrected chi connectivity index (χ3v) is 4.08. The van der Waals surface area contributed by atoms with Crippen LogP contribution in [0.4, 0.5) is 5.69 Å². The minimum Gasteiger partial charge on any atom is -0.493 e. The molecule has 0 unspecified atom stereocenters. The van der Waals surface area contributed by atoms with Crippen LogP contribution < -0.4 is 4.74 Å². The molecule has 0 N–H and O–H groups in total. The third kappa shape index (κ3) is 5.16. The van der Waals surface area contributed by atoms with Gasteiger partial charge in [0.1, 0.15) is 5.75 Å². The van der Waals surface area contributed by atoms with Gasteiger partial charge in [-0.1, -0.05) is 18.2 Å². The standard InChI is InChI=1S/C20H19N3O6/c1-13-5-3-4-6-17(13)27-12-11-18(24)28-14(2)19-21-22-20(29-19)15-7-9-16(10-8-15)23(25)26/h3-10,14H,11-12H2,1-2H3/t14-/m1/s1. The molecule has 150 valence electrons. The molecule has 1 atom stereocenters. The van der Waals surface area contributed by atoms with Crippen LogP contribution in [0.2, 0.25) is 0 Å². The number of carbonyl (C=O) groups excluding carboxylic acids is 1. The van der Waals surface area contributed by atoms with E-state index in [9.17, 15) is 14.9 Å². The van der Waals surface area contributed by atoms with Crippen LogP contribution >= 0.6 is 0 Å². The van der Waals surface area contributed by atoms with Gasteiger partial charge >= 0.3 is 5.97 Å². The normalized spacial score (nSPS) is 11.7. The largest absolute Gasteiger partial charge is 0.493 e. The number of nitro groups is 1. The van der Waals surface area contributed by atoms with Crippen molar-refractivity contribution >= 4 is 11.7 Å². The first-order valence-electron chi connectivity index (χ1n) is 8.90. The summed E-state index contributed by atoms with van der Waals surface area (Å²) in [4.78, 5) is 22.2. The van der Waals surface area contributed by atoms with E-state index < -0.39 is 17.0 Å². The Hall–Kier alpha value is -3.75. The fourth-order valence-electron chi connectivity index (χ4n) is 2.51. The molecule has 3 rings (SSSR count). The van der Waals surface area contributed by atoms with Gasteiger partial charge in [0.2, 0.25) is 5.89 Å². The Labute approximate surface area is 166 Å². The fourth-order valence-corrected chi connectivity index (χ4v) is 2.51. The molecule has 0 saturated heterocycles. The highest BCUT2D eigenvalue weighted by atomic mass is 16.6. The molecular weight excluding hydrogens is 378 g/mol. The first-order chi connectivity index (χ1) is 13.9. The Balaban J connectivity index is 1.53. The zero-order valence-corrected chi connectivity index (χ0v) is 15.9. The first kappa shape index (κ1) is 20.0. The number of benzene rings is 2. The summed E-state index contributed by atoms with van der Waals surface area (Å²) in [5, 5.41) is 18.5. The predicted molar refractivity (Wildman–Crippen MR) is 102 cm³/mol. The molecule has 1 heterocycles. The molecule has 0 aliphatic heterocycles. The van der Waals surface area contributed by atoms with Gasteiger partial charge in [0.05, 0.1) is 18.0 Å². The number of non-ortho nitro benzene ring substituents is 1. The van der Waals surface area contributed by atoms with E-state index in [0.717, 1.165) is 11.3 Å². The lowest BCUT2D eigenvalue weighted by Crippen LogP contribution is -2.13. The lowest BCUT2D eigenvalue weighted by molar-refractivity contribution is -0.384. The van der Waals surface area contributed by atoms with Crippen molar-refractivity contribution in [3.8, 4) is 17.2 Å². The number of aromatic nitrogens is 2. The Kier molecular flexibility index (Phi) is 6.18. The monoisotopic (exact) mass is 397 g/mol. The van der Waals surface area contributed by atoms with Crippen LogP contribution in [0.3, 0.4) is 0 Å². The molecule has 0 aliphatic rings. The first-order valence-corrected chi connectivity index (χ1v) is 8.90. The average Bonchev–Trinajstić information content (AvgIpc) is 3.20. The topological polar surface area (TPSA) is 118 Å². The fraction of sp³-hybridized carbons (Fsp3) is 0.250. The minimum absolute atomic E-state index is 0.0382. The van der Waals surface area contributed by atoms with Crippen molar-refractivity contribution < 1.29 is 23.6 Å². The van der Waals surface area contributed by atoms with Gasteiger partial charge < -0.3 is 13.9 Å². The molecular formula is C20H19N3O6. The summed E-state index contributed by atoms with van der Waals surface area (Å²) in [6.45, 7) is 3.73. The van der Waals surface area contributed by atoms with Crippen LogP contribution in [0.25, 0.3) is 11.5 Å². The summed E-state index contributed by atoms with van der Waals surface area (Å²) in [5.41, 5.74) is 1.47. The number of aryl methyl sites for hydroxylation is 1. The number of nitro benzene ring substituents is 1. The van der Waals surface area contributed by atoms with E-state index in [2.05, 4.69) is 10.2 Å². The number of rotatable bonds is 8.